The smallest absolute Gasteiger partial charge is 0.143 e. The number of pyridine rings is 2. The first-order chi connectivity index (χ1) is 12.3. The molecule has 2 aromatic heterocycles. The fourth-order valence-electron chi connectivity index (χ4n) is 2.84. The van der Waals surface area contributed by atoms with Gasteiger partial charge in [-0.3, -0.25) is 9.97 Å². The molecule has 0 saturated carbocycles. The maximum atomic E-state index is 5.73. The minimum atomic E-state index is 0.864. The Morgan fingerprint density at radius 3 is 2.08 bits per heavy atom. The van der Waals surface area contributed by atoms with Gasteiger partial charge in [-0.15, -0.1) is 11.8 Å². The largest absolute Gasteiger partial charge is 0.495 e. The van der Waals surface area contributed by atoms with Gasteiger partial charge in [-0.2, -0.15) is 0 Å². The van der Waals surface area contributed by atoms with Crippen LogP contribution in [0.2, 0.25) is 0 Å². The lowest BCUT2D eigenvalue weighted by molar-refractivity contribution is 0.409. The molecule has 0 spiro atoms. The predicted molar refractivity (Wildman–Crippen MR) is 106 cm³/mol. The average molecular weight is 364 g/mol. The van der Waals surface area contributed by atoms with Crippen LogP contribution in [0.15, 0.2) is 75.6 Å². The Balaban J connectivity index is 1.91. The molecule has 124 valence electrons. The van der Waals surface area contributed by atoms with Gasteiger partial charge in [0.15, 0.2) is 0 Å². The maximum Gasteiger partial charge on any atom is 0.143 e. The van der Waals surface area contributed by atoms with E-state index >= 15 is 0 Å². The van der Waals surface area contributed by atoms with Crippen molar-refractivity contribution in [3.8, 4) is 5.75 Å². The van der Waals surface area contributed by atoms with Crippen LogP contribution in [0.1, 0.15) is 0 Å². The second-order valence-corrected chi connectivity index (χ2v) is 7.35. The molecular formula is C20H16N2OS2. The number of thioether (sulfide) groups is 1. The van der Waals surface area contributed by atoms with E-state index in [-0.39, 0.29) is 0 Å². The van der Waals surface area contributed by atoms with Gasteiger partial charge in [0.1, 0.15) is 5.75 Å². The van der Waals surface area contributed by atoms with Crippen LogP contribution in [-0.2, 0) is 0 Å². The van der Waals surface area contributed by atoms with E-state index < -0.39 is 0 Å². The molecule has 0 aliphatic heterocycles. The fourth-order valence-corrected chi connectivity index (χ4v) is 4.72. The van der Waals surface area contributed by atoms with E-state index in [0.29, 0.717) is 0 Å². The lowest BCUT2D eigenvalue weighted by Crippen LogP contribution is -1.92. The molecule has 0 bridgehead atoms. The third-order valence-electron chi connectivity index (χ3n) is 4.02. The van der Waals surface area contributed by atoms with E-state index in [1.54, 1.807) is 30.6 Å². The number of hydrogen-bond acceptors (Lipinski definition) is 5. The van der Waals surface area contributed by atoms with Gasteiger partial charge in [-0.1, -0.05) is 42.1 Å². The zero-order valence-corrected chi connectivity index (χ0v) is 15.5. The first kappa shape index (κ1) is 16.2. The summed E-state index contributed by atoms with van der Waals surface area (Å²) in [6.45, 7) is 0. The van der Waals surface area contributed by atoms with Crippen molar-refractivity contribution in [2.75, 3.05) is 13.4 Å². The molecule has 0 N–H and O–H groups in total. The fraction of sp³-hybridized carbons (Fsp3) is 0.100. The van der Waals surface area contributed by atoms with Crippen LogP contribution in [0.4, 0.5) is 0 Å². The summed E-state index contributed by atoms with van der Waals surface area (Å²) in [6, 6.07) is 16.3. The van der Waals surface area contributed by atoms with E-state index in [0.717, 1.165) is 37.3 Å². The van der Waals surface area contributed by atoms with Crippen molar-refractivity contribution in [2.45, 2.75) is 14.7 Å². The molecule has 0 radical (unpaired) electrons. The van der Waals surface area contributed by atoms with Crippen LogP contribution in [0.5, 0.6) is 5.75 Å². The Morgan fingerprint density at radius 1 is 0.800 bits per heavy atom. The summed E-state index contributed by atoms with van der Waals surface area (Å²) in [7, 11) is 1.71. The number of nitrogens with zero attached hydrogens (tertiary/aromatic N) is 2. The van der Waals surface area contributed by atoms with Crippen molar-refractivity contribution in [2.24, 2.45) is 0 Å². The van der Waals surface area contributed by atoms with Crippen molar-refractivity contribution < 1.29 is 4.74 Å². The van der Waals surface area contributed by atoms with Gasteiger partial charge < -0.3 is 4.74 Å². The van der Waals surface area contributed by atoms with Crippen molar-refractivity contribution in [1.82, 2.24) is 9.97 Å². The molecule has 0 amide bonds. The van der Waals surface area contributed by atoms with Gasteiger partial charge in [0.05, 0.1) is 23.0 Å². The van der Waals surface area contributed by atoms with Gasteiger partial charge >= 0.3 is 0 Å². The number of methoxy groups -OCH3 is 1. The molecule has 0 atom stereocenters. The molecular weight excluding hydrogens is 348 g/mol. The van der Waals surface area contributed by atoms with E-state index in [1.165, 1.54) is 4.90 Å². The van der Waals surface area contributed by atoms with Crippen LogP contribution in [0.3, 0.4) is 0 Å². The van der Waals surface area contributed by atoms with Crippen LogP contribution in [0.25, 0.3) is 21.8 Å². The van der Waals surface area contributed by atoms with Gasteiger partial charge in [-0.05, 0) is 24.5 Å². The second-order valence-electron chi connectivity index (χ2n) is 5.45. The first-order valence-corrected chi connectivity index (χ1v) is 9.87. The third kappa shape index (κ3) is 2.94. The van der Waals surface area contributed by atoms with Crippen molar-refractivity contribution in [1.29, 1.82) is 0 Å². The van der Waals surface area contributed by atoms with E-state index in [1.807, 2.05) is 54.9 Å². The number of benzene rings is 2. The summed E-state index contributed by atoms with van der Waals surface area (Å²) in [5, 5.41) is 2.17. The Morgan fingerprint density at radius 2 is 1.40 bits per heavy atom. The molecule has 5 heteroatoms. The zero-order valence-electron chi connectivity index (χ0n) is 13.9. The Hall–Kier alpha value is -2.24. The number of fused-ring (bicyclic) bond motifs is 2. The monoisotopic (exact) mass is 364 g/mol. The number of aromatic nitrogens is 2. The van der Waals surface area contributed by atoms with Crippen LogP contribution in [0, 0.1) is 0 Å². The van der Waals surface area contributed by atoms with Crippen LogP contribution >= 0.6 is 23.5 Å². The standard InChI is InChI=1S/C20H16N2OS2/c1-23-19-13-7-3-5-9-15(13)21-11-17(19)25-20-14-8-4-6-10-16(14)22-12-18(20)24-2/h3-12H,1-2H3. The molecule has 4 rings (SSSR count). The van der Waals surface area contributed by atoms with Gasteiger partial charge in [0, 0.05) is 33.0 Å². The maximum absolute atomic E-state index is 5.73. The average Bonchev–Trinajstić information content (AvgIpc) is 2.68. The van der Waals surface area contributed by atoms with Crippen LogP contribution in [-0.4, -0.2) is 23.3 Å². The normalized spacial score (nSPS) is 11.1. The minimum absolute atomic E-state index is 0.864. The van der Waals surface area contributed by atoms with Gasteiger partial charge in [0.2, 0.25) is 0 Å². The van der Waals surface area contributed by atoms with E-state index in [2.05, 4.69) is 22.3 Å². The Kier molecular flexibility index (Phi) is 4.51. The summed E-state index contributed by atoms with van der Waals surface area (Å²) in [4.78, 5) is 12.5. The summed E-state index contributed by atoms with van der Waals surface area (Å²) < 4.78 is 5.73. The minimum Gasteiger partial charge on any atom is -0.495 e. The molecule has 0 unspecified atom stereocenters. The van der Waals surface area contributed by atoms with Crippen molar-refractivity contribution in [3.05, 3.63) is 60.9 Å². The van der Waals surface area contributed by atoms with Gasteiger partial charge in [-0.25, -0.2) is 0 Å². The molecule has 25 heavy (non-hydrogen) atoms. The Labute approximate surface area is 154 Å². The van der Waals surface area contributed by atoms with Crippen LogP contribution < -0.4 is 4.74 Å². The molecule has 2 aromatic carbocycles. The highest BCUT2D eigenvalue weighted by atomic mass is 32.2. The lowest BCUT2D eigenvalue weighted by atomic mass is 10.2. The molecule has 0 saturated heterocycles. The number of ether oxygens (including phenoxy) is 1. The summed E-state index contributed by atoms with van der Waals surface area (Å²) in [5.74, 6) is 0.864. The topological polar surface area (TPSA) is 35.0 Å². The van der Waals surface area contributed by atoms with Crippen molar-refractivity contribution >= 4 is 45.3 Å². The molecule has 3 nitrogen and oxygen atoms in total. The number of para-hydroxylation sites is 2. The highest BCUT2D eigenvalue weighted by molar-refractivity contribution is 8.02. The van der Waals surface area contributed by atoms with E-state index in [9.17, 15) is 0 Å². The third-order valence-corrected chi connectivity index (χ3v) is 6.06. The number of rotatable bonds is 4. The number of hydrogen-bond donors (Lipinski definition) is 0. The highest BCUT2D eigenvalue weighted by Crippen LogP contribution is 2.44. The molecule has 0 aliphatic rings. The zero-order chi connectivity index (χ0) is 17.2. The summed E-state index contributed by atoms with van der Waals surface area (Å²) in [5.41, 5.74) is 1.93. The SMILES string of the molecule is COc1c(Sc2c(SC)cnc3ccccc23)cnc2ccccc12. The summed E-state index contributed by atoms with van der Waals surface area (Å²) in [6.07, 6.45) is 5.91. The quantitative estimate of drug-likeness (QED) is 0.436. The molecule has 0 aliphatic carbocycles. The van der Waals surface area contributed by atoms with E-state index in [4.69, 9.17) is 4.74 Å². The lowest BCUT2D eigenvalue weighted by Gasteiger charge is -2.14. The second kappa shape index (κ2) is 6.94. The first-order valence-electron chi connectivity index (χ1n) is 7.83. The van der Waals surface area contributed by atoms with Crippen molar-refractivity contribution in [3.63, 3.8) is 0 Å². The highest BCUT2D eigenvalue weighted by Gasteiger charge is 2.15. The molecule has 0 fully saturated rings. The Bertz CT molecular complexity index is 1070. The molecule has 4 aromatic rings. The molecule has 2 heterocycles. The predicted octanol–water partition coefficient (Wildman–Crippen LogP) is 5.66. The summed E-state index contributed by atoms with van der Waals surface area (Å²) >= 11 is 3.39. The van der Waals surface area contributed by atoms with Gasteiger partial charge in [0.25, 0.3) is 0 Å².